The summed E-state index contributed by atoms with van der Waals surface area (Å²) in [5, 5.41) is 2.93. The van der Waals surface area contributed by atoms with E-state index in [0.717, 1.165) is 40.0 Å². The van der Waals surface area contributed by atoms with Gasteiger partial charge in [-0.05, 0) is 49.9 Å². The maximum Gasteiger partial charge on any atom is 0.243 e. The van der Waals surface area contributed by atoms with Crippen molar-refractivity contribution in [3.63, 3.8) is 0 Å². The quantitative estimate of drug-likeness (QED) is 0.774. The van der Waals surface area contributed by atoms with Crippen molar-refractivity contribution in [2.45, 2.75) is 40.5 Å². The lowest BCUT2D eigenvalue weighted by Gasteiger charge is -2.22. The van der Waals surface area contributed by atoms with Crippen molar-refractivity contribution < 1.29 is 14.4 Å². The summed E-state index contributed by atoms with van der Waals surface area (Å²) in [6.45, 7) is 8.27. The Kier molecular flexibility index (Phi) is 6.78. The summed E-state index contributed by atoms with van der Waals surface area (Å²) < 4.78 is 0. The highest BCUT2D eigenvalue weighted by Crippen LogP contribution is 2.29. The second-order valence-electron chi connectivity index (χ2n) is 8.40. The summed E-state index contributed by atoms with van der Waals surface area (Å²) in [6.07, 6.45) is 0.982. The van der Waals surface area contributed by atoms with Gasteiger partial charge in [-0.3, -0.25) is 14.4 Å². The van der Waals surface area contributed by atoms with Crippen LogP contribution in [0.25, 0.3) is 0 Å². The molecule has 2 aromatic carbocycles. The Bertz CT molecular complexity index is 992. The van der Waals surface area contributed by atoms with Crippen molar-refractivity contribution in [3.05, 3.63) is 58.7 Å². The number of hydrogen-bond acceptors (Lipinski definition) is 3. The molecule has 164 valence electrons. The van der Waals surface area contributed by atoms with Crippen molar-refractivity contribution in [1.82, 2.24) is 4.90 Å². The van der Waals surface area contributed by atoms with Crippen LogP contribution in [0, 0.1) is 26.7 Å². The number of nitrogens with one attached hydrogen (secondary N) is 1. The van der Waals surface area contributed by atoms with Gasteiger partial charge < -0.3 is 15.1 Å². The number of likely N-dealkylation sites (N-methyl/N-ethyl adjacent to an activating group) is 1. The molecule has 3 rings (SSSR count). The van der Waals surface area contributed by atoms with Gasteiger partial charge in [0.2, 0.25) is 17.7 Å². The van der Waals surface area contributed by atoms with Crippen LogP contribution in [0.1, 0.15) is 35.6 Å². The first-order valence-electron chi connectivity index (χ1n) is 10.7. The van der Waals surface area contributed by atoms with Crippen LogP contribution in [0.15, 0.2) is 36.4 Å². The summed E-state index contributed by atoms with van der Waals surface area (Å²) in [6, 6.07) is 11.8. The van der Waals surface area contributed by atoms with Crippen LogP contribution >= 0.6 is 0 Å². The molecule has 0 saturated carbocycles. The summed E-state index contributed by atoms with van der Waals surface area (Å²) in [5.74, 6) is -0.929. The number of aryl methyl sites for hydroxylation is 4. The first-order chi connectivity index (χ1) is 14.7. The predicted octanol–water partition coefficient (Wildman–Crippen LogP) is 3.62. The Balaban J connectivity index is 1.64. The van der Waals surface area contributed by atoms with Crippen molar-refractivity contribution in [2.24, 2.45) is 5.92 Å². The zero-order chi connectivity index (χ0) is 22.7. The highest BCUT2D eigenvalue weighted by molar-refractivity contribution is 6.02. The number of carbonyl (C=O) groups excluding carboxylic acids is 3. The Morgan fingerprint density at radius 1 is 1.13 bits per heavy atom. The lowest BCUT2D eigenvalue weighted by atomic mass is 10.0. The molecule has 1 heterocycles. The molecular weight excluding hydrogens is 390 g/mol. The molecule has 0 radical (unpaired) electrons. The maximum absolute atomic E-state index is 13.0. The predicted molar refractivity (Wildman–Crippen MR) is 123 cm³/mol. The molecule has 1 atom stereocenters. The van der Waals surface area contributed by atoms with Gasteiger partial charge in [-0.15, -0.1) is 0 Å². The molecule has 1 aliphatic rings. The van der Waals surface area contributed by atoms with Crippen LogP contribution in [-0.2, 0) is 20.8 Å². The Morgan fingerprint density at radius 2 is 1.77 bits per heavy atom. The van der Waals surface area contributed by atoms with Gasteiger partial charge in [-0.1, -0.05) is 42.8 Å². The first-order valence-corrected chi connectivity index (χ1v) is 10.7. The summed E-state index contributed by atoms with van der Waals surface area (Å²) >= 11 is 0. The van der Waals surface area contributed by atoms with E-state index >= 15 is 0 Å². The zero-order valence-corrected chi connectivity index (χ0v) is 19.0. The number of rotatable bonds is 6. The highest BCUT2D eigenvalue weighted by Gasteiger charge is 2.37. The Morgan fingerprint density at radius 3 is 2.42 bits per heavy atom. The second kappa shape index (κ2) is 9.33. The van der Waals surface area contributed by atoms with E-state index in [9.17, 15) is 14.4 Å². The van der Waals surface area contributed by atoms with Crippen LogP contribution in [0.3, 0.4) is 0 Å². The standard InChI is InChI=1S/C25H31N3O3/c1-6-19-9-7-8-10-21(19)28-14-20(13-23(28)30)25(31)27(5)15-22(29)26-24-17(3)11-16(2)12-18(24)4/h7-12,20H,6,13-15H2,1-5H3,(H,26,29)/t20-/m1/s1. The molecule has 1 fully saturated rings. The van der Waals surface area contributed by atoms with Gasteiger partial charge in [0.1, 0.15) is 0 Å². The third-order valence-electron chi connectivity index (χ3n) is 5.84. The minimum atomic E-state index is -0.446. The van der Waals surface area contributed by atoms with E-state index in [2.05, 4.69) is 5.32 Å². The fraction of sp³-hybridized carbons (Fsp3) is 0.400. The van der Waals surface area contributed by atoms with Gasteiger partial charge in [-0.25, -0.2) is 0 Å². The minimum absolute atomic E-state index is 0.0528. The van der Waals surface area contributed by atoms with E-state index in [1.807, 2.05) is 64.1 Å². The lowest BCUT2D eigenvalue weighted by molar-refractivity contribution is -0.137. The molecule has 3 amide bonds. The fourth-order valence-electron chi connectivity index (χ4n) is 4.34. The topological polar surface area (TPSA) is 69.7 Å². The highest BCUT2D eigenvalue weighted by atomic mass is 16.2. The summed E-state index contributed by atoms with van der Waals surface area (Å²) in [7, 11) is 1.61. The molecule has 1 saturated heterocycles. The number of anilines is 2. The lowest BCUT2D eigenvalue weighted by Crippen LogP contribution is -2.39. The molecule has 6 nitrogen and oxygen atoms in total. The summed E-state index contributed by atoms with van der Waals surface area (Å²) in [5.41, 5.74) is 5.87. The molecule has 2 aromatic rings. The van der Waals surface area contributed by atoms with E-state index in [-0.39, 0.29) is 30.7 Å². The monoisotopic (exact) mass is 421 g/mol. The summed E-state index contributed by atoms with van der Waals surface area (Å²) in [4.78, 5) is 41.3. The number of benzene rings is 2. The van der Waals surface area contributed by atoms with Crippen molar-refractivity contribution in [2.75, 3.05) is 30.4 Å². The molecule has 0 bridgehead atoms. The van der Waals surface area contributed by atoms with Gasteiger partial charge in [0.05, 0.1) is 12.5 Å². The van der Waals surface area contributed by atoms with Gasteiger partial charge in [0.25, 0.3) is 0 Å². The molecule has 0 unspecified atom stereocenters. The molecular formula is C25H31N3O3. The van der Waals surface area contributed by atoms with Gasteiger partial charge in [0, 0.05) is 31.4 Å². The van der Waals surface area contributed by atoms with E-state index in [1.54, 1.807) is 11.9 Å². The molecule has 6 heteroatoms. The van der Waals surface area contributed by atoms with Crippen molar-refractivity contribution >= 4 is 29.1 Å². The average molecular weight is 422 g/mol. The van der Waals surface area contributed by atoms with E-state index in [4.69, 9.17) is 0 Å². The van der Waals surface area contributed by atoms with Gasteiger partial charge in [0.15, 0.2) is 0 Å². The van der Waals surface area contributed by atoms with Crippen molar-refractivity contribution in [1.29, 1.82) is 0 Å². The van der Waals surface area contributed by atoms with Gasteiger partial charge >= 0.3 is 0 Å². The van der Waals surface area contributed by atoms with Crippen LogP contribution in [0.4, 0.5) is 11.4 Å². The molecule has 0 aliphatic carbocycles. The molecule has 0 aromatic heterocycles. The molecule has 1 aliphatic heterocycles. The van der Waals surface area contributed by atoms with Crippen LogP contribution in [0.2, 0.25) is 0 Å². The number of para-hydroxylation sites is 1. The minimum Gasteiger partial charge on any atom is -0.336 e. The molecule has 31 heavy (non-hydrogen) atoms. The smallest absolute Gasteiger partial charge is 0.243 e. The molecule has 0 spiro atoms. The van der Waals surface area contributed by atoms with Crippen LogP contribution in [-0.4, -0.2) is 42.8 Å². The number of amides is 3. The average Bonchev–Trinajstić information content (AvgIpc) is 3.11. The maximum atomic E-state index is 13.0. The van der Waals surface area contributed by atoms with Crippen LogP contribution in [0.5, 0.6) is 0 Å². The molecule has 1 N–H and O–H groups in total. The van der Waals surface area contributed by atoms with E-state index in [1.165, 1.54) is 4.90 Å². The fourth-order valence-corrected chi connectivity index (χ4v) is 4.34. The second-order valence-corrected chi connectivity index (χ2v) is 8.40. The largest absolute Gasteiger partial charge is 0.336 e. The Hall–Kier alpha value is -3.15. The van der Waals surface area contributed by atoms with Crippen molar-refractivity contribution in [3.8, 4) is 0 Å². The first kappa shape index (κ1) is 22.5. The normalized spacial score (nSPS) is 15.8. The Labute approximate surface area is 184 Å². The van der Waals surface area contributed by atoms with E-state index < -0.39 is 5.92 Å². The third-order valence-corrected chi connectivity index (χ3v) is 5.84. The van der Waals surface area contributed by atoms with E-state index in [0.29, 0.717) is 6.54 Å². The number of nitrogens with zero attached hydrogens (tertiary/aromatic N) is 2. The number of carbonyl (C=O) groups is 3. The number of hydrogen-bond donors (Lipinski definition) is 1. The zero-order valence-electron chi connectivity index (χ0n) is 19.0. The van der Waals surface area contributed by atoms with Crippen LogP contribution < -0.4 is 10.2 Å². The van der Waals surface area contributed by atoms with Gasteiger partial charge in [-0.2, -0.15) is 0 Å². The third kappa shape index (κ3) is 4.95. The SMILES string of the molecule is CCc1ccccc1N1C[C@H](C(=O)N(C)CC(=O)Nc2c(C)cc(C)cc2C)CC1=O.